The number of amides is 1. The molecule has 1 saturated heterocycles. The molecule has 1 amide bonds. The molecule has 3 rings (SSSR count). The second-order valence-corrected chi connectivity index (χ2v) is 14.0. The fraction of sp³-hybridized carbons (Fsp3) is 0.536. The van der Waals surface area contributed by atoms with Crippen LogP contribution in [0.1, 0.15) is 76.1 Å². The molecule has 198 valence electrons. The predicted molar refractivity (Wildman–Crippen MR) is 152 cm³/mol. The minimum absolute atomic E-state index is 0.189. The van der Waals surface area contributed by atoms with Crippen molar-refractivity contribution in [2.45, 2.75) is 80.4 Å². The Kier molecular flexibility index (Phi) is 11.3. The number of hydrogen-bond donors (Lipinski definition) is 1. The second-order valence-electron chi connectivity index (χ2n) is 10.0. The molecule has 1 N–H and O–H groups in total. The van der Waals surface area contributed by atoms with Gasteiger partial charge in [0.05, 0.1) is 10.5 Å². The zero-order valence-electron chi connectivity index (χ0n) is 21.6. The number of carbonyl (C=O) groups excluding carboxylic acids is 1. The summed E-state index contributed by atoms with van der Waals surface area (Å²) in [7, 11) is -3.68. The molecule has 8 heteroatoms. The van der Waals surface area contributed by atoms with E-state index in [1.54, 1.807) is 22.5 Å². The van der Waals surface area contributed by atoms with E-state index >= 15 is 0 Å². The molecule has 0 bridgehead atoms. The first-order valence-corrected chi connectivity index (χ1v) is 16.1. The standard InChI is InChI=1S/C28H39BrN2O3S2/c1-4-5-6-7-8-9-16-30-28(32)26-18-25(36(33,34)31-19-21(2)17-22(3)20-31)14-15-27(26)35-24-12-10-23(29)11-13-24/h10-15,18,21-22H,4-9,16-17,19-20H2,1-3H3,(H,30,32)/t21-,22+. The summed E-state index contributed by atoms with van der Waals surface area (Å²) >= 11 is 4.93. The van der Waals surface area contributed by atoms with E-state index < -0.39 is 10.0 Å². The summed E-state index contributed by atoms with van der Waals surface area (Å²) in [5.74, 6) is 0.410. The van der Waals surface area contributed by atoms with E-state index in [4.69, 9.17) is 0 Å². The quantitative estimate of drug-likeness (QED) is 0.261. The van der Waals surface area contributed by atoms with Gasteiger partial charge in [0.15, 0.2) is 0 Å². The van der Waals surface area contributed by atoms with Crippen molar-refractivity contribution in [2.24, 2.45) is 11.8 Å². The van der Waals surface area contributed by atoms with Crippen LogP contribution in [-0.4, -0.2) is 38.3 Å². The molecule has 36 heavy (non-hydrogen) atoms. The Labute approximate surface area is 230 Å². The number of hydrogen-bond acceptors (Lipinski definition) is 4. The van der Waals surface area contributed by atoms with Crippen LogP contribution in [0.2, 0.25) is 0 Å². The molecule has 0 unspecified atom stereocenters. The lowest BCUT2D eigenvalue weighted by Crippen LogP contribution is -2.42. The highest BCUT2D eigenvalue weighted by Crippen LogP contribution is 2.34. The van der Waals surface area contributed by atoms with Gasteiger partial charge in [0, 0.05) is 33.9 Å². The number of benzene rings is 2. The number of rotatable bonds is 12. The highest BCUT2D eigenvalue weighted by atomic mass is 79.9. The fourth-order valence-electron chi connectivity index (χ4n) is 4.72. The molecule has 0 aromatic heterocycles. The fourth-order valence-corrected chi connectivity index (χ4v) is 7.61. The summed E-state index contributed by atoms with van der Waals surface area (Å²) in [4.78, 5) is 15.2. The largest absolute Gasteiger partial charge is 0.352 e. The van der Waals surface area contributed by atoms with Crippen LogP contribution in [0.5, 0.6) is 0 Å². The van der Waals surface area contributed by atoms with Crippen molar-refractivity contribution in [3.05, 3.63) is 52.5 Å². The molecule has 0 radical (unpaired) electrons. The van der Waals surface area contributed by atoms with Gasteiger partial charge in [-0.1, -0.05) is 80.6 Å². The van der Waals surface area contributed by atoms with E-state index in [-0.39, 0.29) is 10.8 Å². The van der Waals surface area contributed by atoms with E-state index in [0.717, 1.165) is 33.5 Å². The molecule has 0 aliphatic carbocycles. The Morgan fingerprint density at radius 1 is 1.00 bits per heavy atom. The first-order chi connectivity index (χ1) is 17.2. The number of sulfonamides is 1. The topological polar surface area (TPSA) is 66.5 Å². The van der Waals surface area contributed by atoms with Crippen LogP contribution in [-0.2, 0) is 10.0 Å². The van der Waals surface area contributed by atoms with Gasteiger partial charge in [-0.2, -0.15) is 4.31 Å². The summed E-state index contributed by atoms with van der Waals surface area (Å²) in [6.45, 7) is 8.01. The van der Waals surface area contributed by atoms with Gasteiger partial charge < -0.3 is 5.32 Å². The zero-order chi connectivity index (χ0) is 26.1. The summed E-state index contributed by atoms with van der Waals surface area (Å²) in [6, 6.07) is 12.9. The first-order valence-electron chi connectivity index (χ1n) is 13.1. The number of nitrogens with one attached hydrogen (secondary N) is 1. The SMILES string of the molecule is CCCCCCCCNC(=O)c1cc(S(=O)(=O)N2C[C@H](C)C[C@H](C)C2)ccc1Sc1ccc(Br)cc1. The number of piperidine rings is 1. The van der Waals surface area contributed by atoms with Gasteiger partial charge in [-0.3, -0.25) is 4.79 Å². The van der Waals surface area contributed by atoms with Gasteiger partial charge in [0.25, 0.3) is 5.91 Å². The lowest BCUT2D eigenvalue weighted by molar-refractivity contribution is 0.0949. The van der Waals surface area contributed by atoms with E-state index in [1.807, 2.05) is 24.3 Å². The van der Waals surface area contributed by atoms with Gasteiger partial charge in [-0.15, -0.1) is 0 Å². The number of halogens is 1. The molecule has 2 atom stereocenters. The van der Waals surface area contributed by atoms with Crippen LogP contribution in [0, 0.1) is 11.8 Å². The molecule has 0 saturated carbocycles. The summed E-state index contributed by atoms with van der Waals surface area (Å²) in [5.41, 5.74) is 0.410. The zero-order valence-corrected chi connectivity index (χ0v) is 24.9. The lowest BCUT2D eigenvalue weighted by Gasteiger charge is -2.34. The van der Waals surface area contributed by atoms with Crippen LogP contribution in [0.25, 0.3) is 0 Å². The molecule has 5 nitrogen and oxygen atoms in total. The van der Waals surface area contributed by atoms with Crippen molar-refractivity contribution in [1.82, 2.24) is 9.62 Å². The summed E-state index contributed by atoms with van der Waals surface area (Å²) < 4.78 is 29.6. The van der Waals surface area contributed by atoms with Crippen LogP contribution in [0.4, 0.5) is 0 Å². The maximum atomic E-state index is 13.5. The molecule has 1 aliphatic heterocycles. The van der Waals surface area contributed by atoms with E-state index in [9.17, 15) is 13.2 Å². The van der Waals surface area contributed by atoms with Crippen LogP contribution in [0.3, 0.4) is 0 Å². The highest BCUT2D eigenvalue weighted by molar-refractivity contribution is 9.10. The van der Waals surface area contributed by atoms with E-state index in [0.29, 0.717) is 37.0 Å². The van der Waals surface area contributed by atoms with Crippen LogP contribution < -0.4 is 5.32 Å². The minimum Gasteiger partial charge on any atom is -0.352 e. The van der Waals surface area contributed by atoms with Crippen molar-refractivity contribution < 1.29 is 13.2 Å². The molecule has 0 spiro atoms. The molecule has 1 heterocycles. The smallest absolute Gasteiger partial charge is 0.252 e. The third-order valence-corrected chi connectivity index (χ3v) is 9.97. The maximum Gasteiger partial charge on any atom is 0.252 e. The molecule has 2 aromatic rings. The summed E-state index contributed by atoms with van der Waals surface area (Å²) in [5, 5.41) is 3.03. The Balaban J connectivity index is 1.81. The van der Waals surface area contributed by atoms with Gasteiger partial charge in [0.2, 0.25) is 10.0 Å². The predicted octanol–water partition coefficient (Wildman–Crippen LogP) is 7.36. The Hall–Kier alpha value is -1.35. The van der Waals surface area contributed by atoms with Crippen molar-refractivity contribution in [1.29, 1.82) is 0 Å². The first kappa shape index (κ1) is 29.2. The minimum atomic E-state index is -3.68. The number of unbranched alkanes of at least 4 members (excludes halogenated alkanes) is 5. The average Bonchev–Trinajstić information content (AvgIpc) is 2.84. The van der Waals surface area contributed by atoms with E-state index in [1.165, 1.54) is 37.4 Å². The van der Waals surface area contributed by atoms with Crippen LogP contribution >= 0.6 is 27.7 Å². The van der Waals surface area contributed by atoms with Crippen LogP contribution in [0.15, 0.2) is 61.6 Å². The Morgan fingerprint density at radius 2 is 1.64 bits per heavy atom. The van der Waals surface area contributed by atoms with Gasteiger partial charge in [0.1, 0.15) is 0 Å². The second kappa shape index (κ2) is 14.0. The van der Waals surface area contributed by atoms with Crippen molar-refractivity contribution in [2.75, 3.05) is 19.6 Å². The Bertz CT molecular complexity index is 1100. The Morgan fingerprint density at radius 3 is 2.31 bits per heavy atom. The van der Waals surface area contributed by atoms with Gasteiger partial charge in [-0.25, -0.2) is 8.42 Å². The van der Waals surface area contributed by atoms with Gasteiger partial charge >= 0.3 is 0 Å². The summed E-state index contributed by atoms with van der Waals surface area (Å²) in [6.07, 6.45) is 7.90. The third-order valence-electron chi connectivity index (χ3n) is 6.53. The maximum absolute atomic E-state index is 13.5. The number of nitrogens with zero attached hydrogens (tertiary/aromatic N) is 1. The molecular formula is C28H39BrN2O3S2. The normalized spacial score (nSPS) is 18.8. The number of carbonyl (C=O) groups is 1. The van der Waals surface area contributed by atoms with E-state index in [2.05, 4.69) is 42.0 Å². The van der Waals surface area contributed by atoms with Crippen molar-refractivity contribution in [3.8, 4) is 0 Å². The molecule has 1 aliphatic rings. The molecule has 2 aromatic carbocycles. The molecular weight excluding hydrogens is 556 g/mol. The van der Waals surface area contributed by atoms with Gasteiger partial charge in [-0.05, 0) is 67.1 Å². The average molecular weight is 596 g/mol. The van der Waals surface area contributed by atoms with Crippen molar-refractivity contribution in [3.63, 3.8) is 0 Å². The highest BCUT2D eigenvalue weighted by Gasteiger charge is 2.32. The lowest BCUT2D eigenvalue weighted by atomic mass is 9.94. The molecule has 1 fully saturated rings. The monoisotopic (exact) mass is 594 g/mol. The van der Waals surface area contributed by atoms with Crippen molar-refractivity contribution >= 4 is 43.6 Å². The third kappa shape index (κ3) is 8.33.